The van der Waals surface area contributed by atoms with Crippen LogP contribution in [0.15, 0.2) is 0 Å². The molecule has 0 aliphatic rings. The van der Waals surface area contributed by atoms with Crippen molar-refractivity contribution in [1.29, 1.82) is 0 Å². The number of carbonyl (C=O) groups is 3. The molecule has 0 aliphatic heterocycles. The third-order valence-corrected chi connectivity index (χ3v) is 12.8. The molecule has 0 aromatic carbocycles. The summed E-state index contributed by atoms with van der Waals surface area (Å²) in [7, 11) is 4.06. The van der Waals surface area contributed by atoms with E-state index in [-0.39, 0.29) is 29.9 Å². The minimum Gasteiger partial charge on any atom is -0.465 e. The molecule has 0 spiro atoms. The molecular weight excluding hydrogens is 785 g/mol. The largest absolute Gasteiger partial charge is 0.465 e. The van der Waals surface area contributed by atoms with Crippen molar-refractivity contribution in [2.24, 2.45) is 5.92 Å². The van der Waals surface area contributed by atoms with E-state index in [1.54, 1.807) is 0 Å². The Hall–Kier alpha value is -1.67. The first-order valence-corrected chi connectivity index (χ1v) is 27.7. The Balaban J connectivity index is 4.49. The van der Waals surface area contributed by atoms with Crippen LogP contribution in [0.3, 0.4) is 0 Å². The highest BCUT2D eigenvalue weighted by molar-refractivity contribution is 5.72. The van der Waals surface area contributed by atoms with Crippen LogP contribution in [0.4, 0.5) is 0 Å². The van der Waals surface area contributed by atoms with Crippen LogP contribution in [0, 0.1) is 5.92 Å². The van der Waals surface area contributed by atoms with Gasteiger partial charge in [0.2, 0.25) is 0 Å². The zero-order valence-corrected chi connectivity index (χ0v) is 43.1. The predicted octanol–water partition coefficient (Wildman–Crippen LogP) is 15.4. The van der Waals surface area contributed by atoms with E-state index in [2.05, 4.69) is 37.5 Å². The molecular formula is C55H108N2O6. The van der Waals surface area contributed by atoms with Gasteiger partial charge in [-0.15, -0.1) is 0 Å². The minimum atomic E-state index is -0.0827. The van der Waals surface area contributed by atoms with Crippen LogP contribution in [0.5, 0.6) is 0 Å². The highest BCUT2D eigenvalue weighted by atomic mass is 16.5. The summed E-state index contributed by atoms with van der Waals surface area (Å²) in [6.45, 7) is 13.8. The van der Waals surface area contributed by atoms with Crippen LogP contribution in [0.1, 0.15) is 272 Å². The van der Waals surface area contributed by atoms with Crippen LogP contribution in [0.25, 0.3) is 0 Å². The standard InChI is InChI=1S/C55H108N2O6/c1-7-11-15-19-25-31-40-51(39-30-16-12-8-2)55(60)62-49-37-29-24-23-28-36-47-57(48-50-61-53(58)44-38-45-56(5)6)46-35-27-22-20-21-26-34-43-54(59)63-52(41-32-17-13-9-3)42-33-18-14-10-4/h51-52H,7-50H2,1-6H3. The second kappa shape index (κ2) is 48.3. The van der Waals surface area contributed by atoms with E-state index in [0.29, 0.717) is 26.1 Å². The van der Waals surface area contributed by atoms with Gasteiger partial charge >= 0.3 is 17.9 Å². The van der Waals surface area contributed by atoms with Crippen molar-refractivity contribution in [1.82, 2.24) is 9.80 Å². The molecule has 0 heterocycles. The zero-order chi connectivity index (χ0) is 46.3. The van der Waals surface area contributed by atoms with Crippen LogP contribution >= 0.6 is 0 Å². The third-order valence-electron chi connectivity index (χ3n) is 12.8. The Bertz CT molecular complexity index is 980. The Morgan fingerprint density at radius 2 is 0.794 bits per heavy atom. The summed E-state index contributed by atoms with van der Waals surface area (Å²) in [6.07, 6.45) is 43.2. The number of unbranched alkanes of at least 4 members (excludes halogenated alkanes) is 25. The Morgan fingerprint density at radius 1 is 0.381 bits per heavy atom. The fourth-order valence-electron chi connectivity index (χ4n) is 8.63. The monoisotopic (exact) mass is 893 g/mol. The minimum absolute atomic E-state index is 0.0126. The fourth-order valence-corrected chi connectivity index (χ4v) is 8.63. The van der Waals surface area contributed by atoms with E-state index in [9.17, 15) is 14.4 Å². The number of hydrogen-bond acceptors (Lipinski definition) is 8. The SMILES string of the molecule is CCCCCCCCC(CCCCCC)C(=O)OCCCCCCCCN(CCCCCCCCCC(=O)OC(CCCCCC)CCCCCC)CCOC(=O)CCCN(C)C. The zero-order valence-electron chi connectivity index (χ0n) is 43.1. The molecule has 63 heavy (non-hydrogen) atoms. The molecule has 1 atom stereocenters. The van der Waals surface area contributed by atoms with Crippen molar-refractivity contribution < 1.29 is 28.6 Å². The Morgan fingerprint density at radius 3 is 1.30 bits per heavy atom. The van der Waals surface area contributed by atoms with Crippen LogP contribution in [-0.2, 0) is 28.6 Å². The summed E-state index contributed by atoms with van der Waals surface area (Å²) in [6, 6.07) is 0. The summed E-state index contributed by atoms with van der Waals surface area (Å²) in [4.78, 5) is 42.6. The van der Waals surface area contributed by atoms with Crippen LogP contribution < -0.4 is 0 Å². The maximum absolute atomic E-state index is 13.0. The van der Waals surface area contributed by atoms with E-state index >= 15 is 0 Å². The smallest absolute Gasteiger partial charge is 0.308 e. The number of ether oxygens (including phenoxy) is 3. The molecule has 0 rings (SSSR count). The van der Waals surface area contributed by atoms with Gasteiger partial charge in [0, 0.05) is 19.4 Å². The van der Waals surface area contributed by atoms with Crippen LogP contribution in [0.2, 0.25) is 0 Å². The highest BCUT2D eigenvalue weighted by Crippen LogP contribution is 2.22. The summed E-state index contributed by atoms with van der Waals surface area (Å²) >= 11 is 0. The molecule has 0 saturated carbocycles. The number of rotatable bonds is 50. The lowest BCUT2D eigenvalue weighted by atomic mass is 9.94. The molecule has 1 unspecified atom stereocenters. The van der Waals surface area contributed by atoms with E-state index in [1.165, 1.54) is 148 Å². The third kappa shape index (κ3) is 44.0. The van der Waals surface area contributed by atoms with Crippen molar-refractivity contribution in [3.63, 3.8) is 0 Å². The molecule has 8 heteroatoms. The first kappa shape index (κ1) is 61.3. The van der Waals surface area contributed by atoms with Gasteiger partial charge in [0.1, 0.15) is 12.7 Å². The first-order chi connectivity index (χ1) is 30.8. The average Bonchev–Trinajstić information content (AvgIpc) is 3.26. The normalized spacial score (nSPS) is 12.1. The molecule has 0 aromatic rings. The lowest BCUT2D eigenvalue weighted by Gasteiger charge is -2.22. The second-order valence-electron chi connectivity index (χ2n) is 19.4. The molecule has 0 saturated heterocycles. The average molecular weight is 893 g/mol. The molecule has 0 aromatic heterocycles. The topological polar surface area (TPSA) is 85.4 Å². The molecule has 0 aliphatic carbocycles. The highest BCUT2D eigenvalue weighted by Gasteiger charge is 2.19. The first-order valence-electron chi connectivity index (χ1n) is 27.7. The van der Waals surface area contributed by atoms with Gasteiger partial charge in [-0.25, -0.2) is 0 Å². The van der Waals surface area contributed by atoms with E-state index in [0.717, 1.165) is 110 Å². The Labute approximate surface area is 392 Å². The van der Waals surface area contributed by atoms with Crippen molar-refractivity contribution in [3.8, 4) is 0 Å². The number of esters is 3. The van der Waals surface area contributed by atoms with Gasteiger partial charge in [-0.2, -0.15) is 0 Å². The van der Waals surface area contributed by atoms with Crippen molar-refractivity contribution in [3.05, 3.63) is 0 Å². The number of carbonyl (C=O) groups excluding carboxylic acids is 3. The van der Waals surface area contributed by atoms with Crippen molar-refractivity contribution in [2.45, 2.75) is 278 Å². The van der Waals surface area contributed by atoms with Gasteiger partial charge in [0.25, 0.3) is 0 Å². The molecule has 0 N–H and O–H groups in total. The van der Waals surface area contributed by atoms with Gasteiger partial charge in [-0.05, 0) is 104 Å². The second-order valence-corrected chi connectivity index (χ2v) is 19.4. The van der Waals surface area contributed by atoms with Crippen molar-refractivity contribution in [2.75, 3.05) is 53.5 Å². The molecule has 0 radical (unpaired) electrons. The number of hydrogen-bond donors (Lipinski definition) is 0. The Kier molecular flexibility index (Phi) is 47.0. The van der Waals surface area contributed by atoms with E-state index < -0.39 is 0 Å². The van der Waals surface area contributed by atoms with Gasteiger partial charge in [-0.3, -0.25) is 19.3 Å². The molecule has 374 valence electrons. The maximum Gasteiger partial charge on any atom is 0.308 e. The quantitative estimate of drug-likeness (QED) is 0.0339. The fraction of sp³-hybridized carbons (Fsp3) is 0.945. The molecule has 0 amide bonds. The van der Waals surface area contributed by atoms with Gasteiger partial charge in [0.05, 0.1) is 12.5 Å². The van der Waals surface area contributed by atoms with Crippen molar-refractivity contribution >= 4 is 17.9 Å². The van der Waals surface area contributed by atoms with Gasteiger partial charge in [-0.1, -0.05) is 188 Å². The maximum atomic E-state index is 13.0. The lowest BCUT2D eigenvalue weighted by molar-refractivity contribution is -0.150. The van der Waals surface area contributed by atoms with E-state index in [4.69, 9.17) is 14.2 Å². The molecule has 0 fully saturated rings. The van der Waals surface area contributed by atoms with Gasteiger partial charge in [0.15, 0.2) is 0 Å². The summed E-state index contributed by atoms with van der Waals surface area (Å²) in [5.74, 6) is 0.0708. The van der Waals surface area contributed by atoms with Crippen LogP contribution in [-0.4, -0.2) is 87.3 Å². The molecule has 8 nitrogen and oxygen atoms in total. The predicted molar refractivity (Wildman–Crippen MR) is 268 cm³/mol. The summed E-state index contributed by atoms with van der Waals surface area (Å²) in [5.41, 5.74) is 0. The number of nitrogens with zero attached hydrogens (tertiary/aromatic N) is 2. The van der Waals surface area contributed by atoms with E-state index in [1.807, 2.05) is 14.1 Å². The summed E-state index contributed by atoms with van der Waals surface area (Å²) < 4.78 is 17.4. The van der Waals surface area contributed by atoms with Gasteiger partial charge < -0.3 is 19.1 Å². The summed E-state index contributed by atoms with van der Waals surface area (Å²) in [5, 5.41) is 0. The molecule has 0 bridgehead atoms. The lowest BCUT2D eigenvalue weighted by Crippen LogP contribution is -2.30.